The van der Waals surface area contributed by atoms with Crippen LogP contribution in [0.5, 0.6) is 0 Å². The van der Waals surface area contributed by atoms with Crippen molar-refractivity contribution in [1.82, 2.24) is 19.5 Å². The van der Waals surface area contributed by atoms with Crippen molar-refractivity contribution < 1.29 is 18.3 Å². The molecular weight excluding hydrogens is 304 g/mol. The van der Waals surface area contributed by atoms with Gasteiger partial charge in [-0.05, 0) is 6.07 Å². The number of sulfonamides is 1. The minimum Gasteiger partial charge on any atom is -0.477 e. The minimum absolute atomic E-state index is 0.0169. The first-order valence-electron chi connectivity index (χ1n) is 5.54. The Morgan fingerprint density at radius 2 is 2.30 bits per heavy atom. The maximum atomic E-state index is 11.9. The van der Waals surface area contributed by atoms with E-state index in [-0.39, 0.29) is 16.3 Å². The molecule has 2 aromatic rings. The van der Waals surface area contributed by atoms with Gasteiger partial charge in [-0.1, -0.05) is 0 Å². The highest BCUT2D eigenvalue weighted by Gasteiger charge is 2.18. The van der Waals surface area contributed by atoms with Gasteiger partial charge in [-0.15, -0.1) is 11.3 Å². The third kappa shape index (κ3) is 3.40. The lowest BCUT2D eigenvalue weighted by Gasteiger charge is -2.02. The van der Waals surface area contributed by atoms with Crippen molar-refractivity contribution in [3.63, 3.8) is 0 Å². The summed E-state index contributed by atoms with van der Waals surface area (Å²) >= 11 is 0.871. The van der Waals surface area contributed by atoms with Crippen LogP contribution in [-0.2, 0) is 23.5 Å². The van der Waals surface area contributed by atoms with Crippen LogP contribution in [0.3, 0.4) is 0 Å². The summed E-state index contributed by atoms with van der Waals surface area (Å²) in [5, 5.41) is 14.1. The molecule has 108 valence electrons. The van der Waals surface area contributed by atoms with E-state index in [1.807, 2.05) is 0 Å². The summed E-state index contributed by atoms with van der Waals surface area (Å²) in [5.41, 5.74) is 0. The van der Waals surface area contributed by atoms with E-state index < -0.39 is 16.0 Å². The van der Waals surface area contributed by atoms with Crippen LogP contribution >= 0.6 is 11.3 Å². The Bertz CT molecular complexity index is 719. The average molecular weight is 316 g/mol. The van der Waals surface area contributed by atoms with Crippen LogP contribution < -0.4 is 4.72 Å². The summed E-state index contributed by atoms with van der Waals surface area (Å²) in [6.45, 7) is 0.143. The van der Waals surface area contributed by atoms with Gasteiger partial charge in [0.1, 0.15) is 11.2 Å². The number of hydrogen-bond donors (Lipinski definition) is 2. The monoisotopic (exact) mass is 316 g/mol. The van der Waals surface area contributed by atoms with Crippen molar-refractivity contribution in [2.75, 3.05) is 6.54 Å². The number of aromatic nitrogens is 3. The topological polar surface area (TPSA) is 114 Å². The number of nitrogens with zero attached hydrogens (tertiary/aromatic N) is 3. The van der Waals surface area contributed by atoms with E-state index in [0.717, 1.165) is 17.4 Å². The summed E-state index contributed by atoms with van der Waals surface area (Å²) in [6.07, 6.45) is 1.89. The number of hydrogen-bond acceptors (Lipinski definition) is 6. The van der Waals surface area contributed by atoms with Crippen LogP contribution in [-0.4, -0.2) is 40.8 Å². The summed E-state index contributed by atoms with van der Waals surface area (Å²) in [4.78, 5) is 14.6. The normalized spacial score (nSPS) is 11.7. The van der Waals surface area contributed by atoms with Gasteiger partial charge in [0.05, 0.1) is 4.90 Å². The molecule has 10 heteroatoms. The van der Waals surface area contributed by atoms with Crippen molar-refractivity contribution in [1.29, 1.82) is 0 Å². The molecule has 0 aliphatic rings. The van der Waals surface area contributed by atoms with Crippen LogP contribution in [0, 0.1) is 0 Å². The van der Waals surface area contributed by atoms with Crippen molar-refractivity contribution >= 4 is 27.3 Å². The van der Waals surface area contributed by atoms with Crippen molar-refractivity contribution in [3.8, 4) is 0 Å². The van der Waals surface area contributed by atoms with E-state index in [2.05, 4.69) is 14.8 Å². The average Bonchev–Trinajstić information content (AvgIpc) is 2.98. The van der Waals surface area contributed by atoms with Gasteiger partial charge >= 0.3 is 5.97 Å². The molecule has 2 heterocycles. The first kappa shape index (κ1) is 14.6. The predicted molar refractivity (Wildman–Crippen MR) is 71.2 cm³/mol. The fourth-order valence-corrected chi connectivity index (χ4v) is 3.59. The number of carboxylic acids is 1. The van der Waals surface area contributed by atoms with E-state index in [1.54, 1.807) is 7.05 Å². The van der Waals surface area contributed by atoms with Crippen molar-refractivity contribution in [2.24, 2.45) is 7.05 Å². The molecule has 0 bridgehead atoms. The zero-order valence-corrected chi connectivity index (χ0v) is 12.1. The predicted octanol–water partition coefficient (Wildman–Crippen LogP) is 0.0958. The molecule has 2 rings (SSSR count). The van der Waals surface area contributed by atoms with E-state index >= 15 is 0 Å². The minimum atomic E-state index is -3.70. The van der Waals surface area contributed by atoms with Gasteiger partial charge in [-0.25, -0.2) is 22.9 Å². The van der Waals surface area contributed by atoms with Gasteiger partial charge in [-0.3, -0.25) is 4.68 Å². The Balaban J connectivity index is 1.98. The van der Waals surface area contributed by atoms with Crippen molar-refractivity contribution in [2.45, 2.75) is 11.3 Å². The molecule has 0 aromatic carbocycles. The zero-order chi connectivity index (χ0) is 14.8. The second-order valence-electron chi connectivity index (χ2n) is 3.93. The third-order valence-corrected chi connectivity index (χ3v) is 4.89. The third-order valence-electron chi connectivity index (χ3n) is 2.38. The van der Waals surface area contributed by atoms with E-state index in [9.17, 15) is 13.2 Å². The number of carbonyl (C=O) groups is 1. The van der Waals surface area contributed by atoms with Crippen LogP contribution in [0.15, 0.2) is 22.7 Å². The maximum absolute atomic E-state index is 11.9. The number of aromatic carboxylic acids is 1. The number of rotatable bonds is 6. The SMILES string of the molecule is Cn1cnc(CCNS(=O)(=O)c2csc(C(=O)O)c2)n1. The molecule has 0 aliphatic heterocycles. The molecule has 0 unspecified atom stereocenters. The largest absolute Gasteiger partial charge is 0.477 e. The quantitative estimate of drug-likeness (QED) is 0.781. The van der Waals surface area contributed by atoms with Crippen LogP contribution in [0.1, 0.15) is 15.5 Å². The lowest BCUT2D eigenvalue weighted by Crippen LogP contribution is -2.26. The van der Waals surface area contributed by atoms with Gasteiger partial charge < -0.3 is 5.11 Å². The molecule has 0 atom stereocenters. The molecule has 0 radical (unpaired) electrons. The zero-order valence-electron chi connectivity index (χ0n) is 10.5. The Hall–Kier alpha value is -1.78. The molecule has 0 fully saturated rings. The lowest BCUT2D eigenvalue weighted by atomic mass is 10.4. The number of aryl methyl sites for hydroxylation is 1. The molecule has 0 saturated heterocycles. The molecule has 0 amide bonds. The van der Waals surface area contributed by atoms with Gasteiger partial charge in [0.15, 0.2) is 5.82 Å². The summed E-state index contributed by atoms with van der Waals surface area (Å²) in [7, 11) is -1.98. The highest BCUT2D eigenvalue weighted by atomic mass is 32.2. The molecule has 20 heavy (non-hydrogen) atoms. The molecule has 0 spiro atoms. The van der Waals surface area contributed by atoms with Gasteiger partial charge in [0, 0.05) is 25.4 Å². The molecule has 2 N–H and O–H groups in total. The fraction of sp³-hybridized carbons (Fsp3) is 0.300. The second kappa shape index (κ2) is 5.69. The molecular formula is C10H12N4O4S2. The highest BCUT2D eigenvalue weighted by Crippen LogP contribution is 2.18. The maximum Gasteiger partial charge on any atom is 0.345 e. The number of nitrogens with one attached hydrogen (secondary N) is 1. The highest BCUT2D eigenvalue weighted by molar-refractivity contribution is 7.89. The number of thiophene rings is 1. The molecule has 0 aliphatic carbocycles. The Labute approximate surface area is 119 Å². The Kier molecular flexibility index (Phi) is 4.16. The second-order valence-corrected chi connectivity index (χ2v) is 6.61. The smallest absolute Gasteiger partial charge is 0.345 e. The standard InChI is InChI=1S/C10H12N4O4S2/c1-14-6-11-9(13-14)2-3-12-20(17,18)7-4-8(10(15)16)19-5-7/h4-6,12H,2-3H2,1H3,(H,15,16). The Morgan fingerprint density at radius 1 is 1.55 bits per heavy atom. The van der Waals surface area contributed by atoms with Crippen molar-refractivity contribution in [3.05, 3.63) is 28.5 Å². The Morgan fingerprint density at radius 3 is 2.85 bits per heavy atom. The number of carboxylic acid groups (broad SMARTS) is 1. The molecule has 0 saturated carbocycles. The lowest BCUT2D eigenvalue weighted by molar-refractivity contribution is 0.0702. The van der Waals surface area contributed by atoms with E-state index in [0.29, 0.717) is 12.2 Å². The fourth-order valence-electron chi connectivity index (χ4n) is 1.45. The summed E-state index contributed by atoms with van der Waals surface area (Å²) in [6, 6.07) is 1.13. The summed E-state index contributed by atoms with van der Waals surface area (Å²) in [5.74, 6) is -0.610. The first-order chi connectivity index (χ1) is 9.38. The van der Waals surface area contributed by atoms with E-state index in [4.69, 9.17) is 5.11 Å². The first-order valence-corrected chi connectivity index (χ1v) is 7.91. The van der Waals surface area contributed by atoms with E-state index in [1.165, 1.54) is 16.4 Å². The van der Waals surface area contributed by atoms with Crippen LogP contribution in [0.25, 0.3) is 0 Å². The van der Waals surface area contributed by atoms with Crippen LogP contribution in [0.2, 0.25) is 0 Å². The molecule has 2 aromatic heterocycles. The molecule has 8 nitrogen and oxygen atoms in total. The van der Waals surface area contributed by atoms with Crippen LogP contribution in [0.4, 0.5) is 0 Å². The summed E-state index contributed by atoms with van der Waals surface area (Å²) < 4.78 is 27.8. The van der Waals surface area contributed by atoms with Gasteiger partial charge in [0.25, 0.3) is 0 Å². The van der Waals surface area contributed by atoms with Gasteiger partial charge in [0.2, 0.25) is 10.0 Å². The van der Waals surface area contributed by atoms with Gasteiger partial charge in [-0.2, -0.15) is 5.10 Å².